The van der Waals surface area contributed by atoms with Crippen molar-refractivity contribution >= 4 is 5.91 Å². The third-order valence-electron chi connectivity index (χ3n) is 4.06. The highest BCUT2D eigenvalue weighted by molar-refractivity contribution is 5.94. The maximum atomic E-state index is 13.0. The molecule has 1 aromatic heterocycles. The molecule has 0 unspecified atom stereocenters. The summed E-state index contributed by atoms with van der Waals surface area (Å²) in [5.74, 6) is 0.671. The fourth-order valence-electron chi connectivity index (χ4n) is 2.81. The molecule has 1 saturated heterocycles. The minimum absolute atomic E-state index is 0.0613. The second kappa shape index (κ2) is 5.91. The molecule has 1 aliphatic heterocycles. The molecule has 0 bridgehead atoms. The molecule has 0 aliphatic carbocycles. The predicted octanol–water partition coefficient (Wildman–Crippen LogP) is 3.91. The van der Waals surface area contributed by atoms with Gasteiger partial charge in [-0.2, -0.15) is 0 Å². The van der Waals surface area contributed by atoms with Crippen LogP contribution in [0.3, 0.4) is 0 Å². The van der Waals surface area contributed by atoms with Gasteiger partial charge in [-0.25, -0.2) is 4.39 Å². The number of rotatable bonds is 3. The summed E-state index contributed by atoms with van der Waals surface area (Å²) in [4.78, 5) is 14.4. The van der Waals surface area contributed by atoms with Gasteiger partial charge in [-0.3, -0.25) is 4.79 Å². The van der Waals surface area contributed by atoms with Crippen molar-refractivity contribution in [2.24, 2.45) is 0 Å². The minimum atomic E-state index is -0.340. The van der Waals surface area contributed by atoms with Crippen LogP contribution in [0.25, 0.3) is 0 Å². The lowest BCUT2D eigenvalue weighted by Gasteiger charge is -2.23. The Morgan fingerprint density at radius 3 is 2.73 bits per heavy atom. The van der Waals surface area contributed by atoms with Gasteiger partial charge in [0.05, 0.1) is 6.04 Å². The highest BCUT2D eigenvalue weighted by Gasteiger charge is 2.32. The number of amides is 1. The normalized spacial score (nSPS) is 18.2. The molecule has 3 rings (SSSR count). The van der Waals surface area contributed by atoms with Gasteiger partial charge in [-0.15, -0.1) is 0 Å². The monoisotopic (exact) mass is 302 g/mol. The Morgan fingerprint density at radius 2 is 2.09 bits per heavy atom. The number of hydrogen-bond donors (Lipinski definition) is 0. The smallest absolute Gasteiger partial charge is 0.254 e. The highest BCUT2D eigenvalue weighted by atomic mass is 19.1. The number of nitrogens with zero attached hydrogens (tertiary/aromatic N) is 2. The van der Waals surface area contributed by atoms with Gasteiger partial charge in [-0.1, -0.05) is 19.0 Å². The highest BCUT2D eigenvalue weighted by Crippen LogP contribution is 2.33. The van der Waals surface area contributed by atoms with Crippen LogP contribution in [0.5, 0.6) is 0 Å². The largest absolute Gasteiger partial charge is 0.361 e. The summed E-state index contributed by atoms with van der Waals surface area (Å²) in [5, 5.41) is 4.13. The third-order valence-corrected chi connectivity index (χ3v) is 4.06. The number of carbonyl (C=O) groups excluding carboxylic acids is 1. The van der Waals surface area contributed by atoms with Crippen LogP contribution >= 0.6 is 0 Å². The molecule has 116 valence electrons. The van der Waals surface area contributed by atoms with Crippen LogP contribution in [0.2, 0.25) is 0 Å². The number of hydrogen-bond acceptors (Lipinski definition) is 3. The van der Waals surface area contributed by atoms with Gasteiger partial charge in [0.15, 0.2) is 0 Å². The first kappa shape index (κ1) is 14.8. The first-order valence-corrected chi connectivity index (χ1v) is 7.59. The zero-order valence-electron chi connectivity index (χ0n) is 12.8. The maximum absolute atomic E-state index is 13.0. The van der Waals surface area contributed by atoms with Crippen LogP contribution in [0, 0.1) is 5.82 Å². The molecule has 1 aromatic carbocycles. The summed E-state index contributed by atoms with van der Waals surface area (Å²) in [6.45, 7) is 4.77. The van der Waals surface area contributed by atoms with Gasteiger partial charge in [-0.05, 0) is 37.1 Å². The van der Waals surface area contributed by atoms with Crippen LogP contribution in [-0.4, -0.2) is 22.5 Å². The predicted molar refractivity (Wildman–Crippen MR) is 80.0 cm³/mol. The van der Waals surface area contributed by atoms with Crippen molar-refractivity contribution in [1.82, 2.24) is 10.1 Å². The van der Waals surface area contributed by atoms with E-state index in [1.807, 2.05) is 19.9 Å². The average Bonchev–Trinajstić information content (AvgIpc) is 3.16. The van der Waals surface area contributed by atoms with Gasteiger partial charge in [0.25, 0.3) is 5.91 Å². The number of aromatic nitrogens is 1. The molecule has 0 spiro atoms. The van der Waals surface area contributed by atoms with Gasteiger partial charge >= 0.3 is 0 Å². The van der Waals surface area contributed by atoms with E-state index in [2.05, 4.69) is 5.16 Å². The topological polar surface area (TPSA) is 46.3 Å². The van der Waals surface area contributed by atoms with Crippen molar-refractivity contribution in [1.29, 1.82) is 0 Å². The van der Waals surface area contributed by atoms with Crippen LogP contribution in [0.1, 0.15) is 60.5 Å². The summed E-state index contributed by atoms with van der Waals surface area (Å²) in [5.41, 5.74) is 1.30. The second-order valence-corrected chi connectivity index (χ2v) is 5.97. The standard InChI is InChI=1S/C17H19FN2O2/c1-11(2)16-10-14(19-22-16)15-4-3-9-20(15)17(21)12-5-7-13(18)8-6-12/h5-8,10-11,15H,3-4,9H2,1-2H3/t15-/m0/s1. The summed E-state index contributed by atoms with van der Waals surface area (Å²) in [7, 11) is 0. The molecule has 1 fully saturated rings. The summed E-state index contributed by atoms with van der Waals surface area (Å²) in [6, 6.07) is 7.54. The molecule has 0 N–H and O–H groups in total. The van der Waals surface area contributed by atoms with E-state index in [0.29, 0.717) is 12.1 Å². The van der Waals surface area contributed by atoms with E-state index >= 15 is 0 Å². The van der Waals surface area contributed by atoms with Crippen LogP contribution in [0.15, 0.2) is 34.9 Å². The lowest BCUT2D eigenvalue weighted by Crippen LogP contribution is -2.30. The van der Waals surface area contributed by atoms with E-state index in [4.69, 9.17) is 4.52 Å². The molecule has 0 radical (unpaired) electrons. The van der Waals surface area contributed by atoms with E-state index in [9.17, 15) is 9.18 Å². The van der Waals surface area contributed by atoms with Crippen LogP contribution in [-0.2, 0) is 0 Å². The van der Waals surface area contributed by atoms with Crippen LogP contribution in [0.4, 0.5) is 4.39 Å². The number of likely N-dealkylation sites (tertiary alicyclic amines) is 1. The van der Waals surface area contributed by atoms with Crippen LogP contribution < -0.4 is 0 Å². The lowest BCUT2D eigenvalue weighted by atomic mass is 10.1. The van der Waals surface area contributed by atoms with Gasteiger partial charge in [0.1, 0.15) is 17.3 Å². The van der Waals surface area contributed by atoms with Crippen molar-refractivity contribution in [3.63, 3.8) is 0 Å². The maximum Gasteiger partial charge on any atom is 0.254 e. The minimum Gasteiger partial charge on any atom is -0.361 e. The number of carbonyl (C=O) groups is 1. The van der Waals surface area contributed by atoms with Crippen molar-refractivity contribution in [3.8, 4) is 0 Å². The fourth-order valence-corrected chi connectivity index (χ4v) is 2.81. The molecular weight excluding hydrogens is 283 g/mol. The second-order valence-electron chi connectivity index (χ2n) is 5.97. The summed E-state index contributed by atoms with van der Waals surface area (Å²) >= 11 is 0. The molecule has 1 atom stereocenters. The Labute approximate surface area is 128 Å². The lowest BCUT2D eigenvalue weighted by molar-refractivity contribution is 0.0730. The quantitative estimate of drug-likeness (QED) is 0.863. The van der Waals surface area contributed by atoms with Crippen molar-refractivity contribution in [2.45, 2.75) is 38.6 Å². The Morgan fingerprint density at radius 1 is 1.36 bits per heavy atom. The first-order valence-electron chi connectivity index (χ1n) is 7.59. The van der Waals surface area contributed by atoms with Gasteiger partial charge < -0.3 is 9.42 Å². The molecule has 4 nitrogen and oxygen atoms in total. The van der Waals surface area contributed by atoms with E-state index < -0.39 is 0 Å². The molecule has 2 heterocycles. The van der Waals surface area contributed by atoms with E-state index in [1.165, 1.54) is 24.3 Å². The molecule has 5 heteroatoms. The summed E-state index contributed by atoms with van der Waals surface area (Å²) in [6.07, 6.45) is 1.80. The molecule has 0 saturated carbocycles. The van der Waals surface area contributed by atoms with Crippen molar-refractivity contribution < 1.29 is 13.7 Å². The Balaban J connectivity index is 1.83. The van der Waals surface area contributed by atoms with Crippen molar-refractivity contribution in [2.75, 3.05) is 6.54 Å². The number of benzene rings is 1. The van der Waals surface area contributed by atoms with Gasteiger partial charge in [0.2, 0.25) is 0 Å². The molecular formula is C17H19FN2O2. The van der Waals surface area contributed by atoms with Crippen molar-refractivity contribution in [3.05, 3.63) is 53.2 Å². The fraction of sp³-hybridized carbons (Fsp3) is 0.412. The third kappa shape index (κ3) is 2.75. The average molecular weight is 302 g/mol. The molecule has 1 aliphatic rings. The van der Waals surface area contributed by atoms with E-state index in [1.54, 1.807) is 4.90 Å². The number of halogens is 1. The molecule has 22 heavy (non-hydrogen) atoms. The SMILES string of the molecule is CC(C)c1cc([C@@H]2CCCN2C(=O)c2ccc(F)cc2)no1. The Hall–Kier alpha value is -2.17. The molecule has 1 amide bonds. The first-order chi connectivity index (χ1) is 10.6. The zero-order valence-corrected chi connectivity index (χ0v) is 12.8. The molecule has 2 aromatic rings. The zero-order chi connectivity index (χ0) is 15.7. The van der Waals surface area contributed by atoms with Gasteiger partial charge in [0, 0.05) is 24.1 Å². The Kier molecular flexibility index (Phi) is 3.96. The van der Waals surface area contributed by atoms with E-state index in [0.717, 1.165) is 24.3 Å². The summed E-state index contributed by atoms with van der Waals surface area (Å²) < 4.78 is 18.4. The van der Waals surface area contributed by atoms with E-state index in [-0.39, 0.29) is 23.7 Å². The Bertz CT molecular complexity index is 664.